The molecule has 26 heavy (non-hydrogen) atoms. The second-order valence-electron chi connectivity index (χ2n) is 5.99. The molecule has 7 nitrogen and oxygen atoms in total. The van der Waals surface area contributed by atoms with Crippen LogP contribution in [0.2, 0.25) is 0 Å². The maximum Gasteiger partial charge on any atom is 0.264 e. The predicted molar refractivity (Wildman–Crippen MR) is 102 cm³/mol. The summed E-state index contributed by atoms with van der Waals surface area (Å²) in [5, 5.41) is 2.72. The maximum atomic E-state index is 12.6. The van der Waals surface area contributed by atoms with Crippen LogP contribution >= 0.6 is 0 Å². The number of rotatable bonds is 8. The van der Waals surface area contributed by atoms with Gasteiger partial charge in [-0.15, -0.1) is 0 Å². The molecule has 0 radical (unpaired) electrons. The number of carbonyl (C=O) groups excluding carboxylic acids is 1. The van der Waals surface area contributed by atoms with Gasteiger partial charge in [0.05, 0.1) is 0 Å². The van der Waals surface area contributed by atoms with E-state index in [-0.39, 0.29) is 23.2 Å². The molecule has 1 aliphatic rings. The number of carbonyl (C=O) groups is 1. The third-order valence-electron chi connectivity index (χ3n) is 3.96. The summed E-state index contributed by atoms with van der Waals surface area (Å²) in [6, 6.07) is 7.30. The van der Waals surface area contributed by atoms with Gasteiger partial charge in [-0.3, -0.25) is 14.5 Å². The number of nitrogens with zero attached hydrogens (tertiary/aromatic N) is 1. The molecule has 1 aromatic carbocycles. The minimum absolute atomic E-state index is 0.129. The molecule has 0 fully saturated rings. The third-order valence-corrected chi connectivity index (χ3v) is 5.44. The lowest BCUT2D eigenvalue weighted by atomic mass is 10.1. The Balaban J connectivity index is 2.19. The minimum Gasteiger partial charge on any atom is -0.385 e. The number of aryl methyl sites for hydroxylation is 1. The Bertz CT molecular complexity index is 811. The Labute approximate surface area is 154 Å². The van der Waals surface area contributed by atoms with Gasteiger partial charge in [0.25, 0.3) is 10.0 Å². The van der Waals surface area contributed by atoms with Crippen LogP contribution in [0.15, 0.2) is 34.8 Å². The van der Waals surface area contributed by atoms with E-state index in [1.54, 1.807) is 19.2 Å². The molecule has 1 heterocycles. The third kappa shape index (κ3) is 4.92. The van der Waals surface area contributed by atoms with Gasteiger partial charge in [0.15, 0.2) is 0 Å². The zero-order valence-corrected chi connectivity index (χ0v) is 16.1. The van der Waals surface area contributed by atoms with Crippen molar-refractivity contribution < 1.29 is 17.9 Å². The normalized spacial score (nSPS) is 17.4. The topological polar surface area (TPSA) is 96.9 Å². The Hall–Kier alpha value is -2.19. The molecule has 0 aliphatic carbocycles. The quantitative estimate of drug-likeness (QED) is 0.671. The van der Waals surface area contributed by atoms with Gasteiger partial charge in [-0.2, -0.15) is 0 Å². The molecule has 0 atom stereocenters. The van der Waals surface area contributed by atoms with E-state index in [1.807, 2.05) is 26.0 Å². The highest BCUT2D eigenvalue weighted by molar-refractivity contribution is 8.00. The molecule has 0 saturated heterocycles. The summed E-state index contributed by atoms with van der Waals surface area (Å²) in [4.78, 5) is 16.3. The van der Waals surface area contributed by atoms with E-state index < -0.39 is 10.0 Å². The van der Waals surface area contributed by atoms with Gasteiger partial charge in [0.2, 0.25) is 5.91 Å². The van der Waals surface area contributed by atoms with Crippen LogP contribution in [0.25, 0.3) is 4.91 Å². The van der Waals surface area contributed by atoms with Crippen LogP contribution in [0.4, 0.5) is 0 Å². The molecular weight excluding hydrogens is 354 g/mol. The van der Waals surface area contributed by atoms with Gasteiger partial charge in [0, 0.05) is 25.8 Å². The fourth-order valence-corrected chi connectivity index (χ4v) is 4.21. The average molecular weight is 379 g/mol. The number of hydrogen-bond acceptors (Lipinski definition) is 5. The SMILES string of the molecule is CCC1=C(c2ccc(C)cc2)S(=O)(=O)NC1=NCC(=O)NCCCOC. The molecule has 142 valence electrons. The van der Waals surface area contributed by atoms with Crippen LogP contribution < -0.4 is 10.0 Å². The van der Waals surface area contributed by atoms with Gasteiger partial charge < -0.3 is 10.1 Å². The second-order valence-corrected chi connectivity index (χ2v) is 7.61. The van der Waals surface area contributed by atoms with E-state index in [0.717, 1.165) is 5.56 Å². The number of amidine groups is 1. The van der Waals surface area contributed by atoms with Crippen LogP contribution in [0.3, 0.4) is 0 Å². The molecule has 0 aromatic heterocycles. The minimum atomic E-state index is -3.69. The summed E-state index contributed by atoms with van der Waals surface area (Å²) in [6.45, 7) is 4.74. The first-order chi connectivity index (χ1) is 12.4. The number of hydrogen-bond donors (Lipinski definition) is 2. The Kier molecular flexibility index (Phi) is 6.93. The number of ether oxygens (including phenoxy) is 1. The van der Waals surface area contributed by atoms with E-state index in [2.05, 4.69) is 15.0 Å². The van der Waals surface area contributed by atoms with Crippen molar-refractivity contribution in [2.24, 2.45) is 4.99 Å². The van der Waals surface area contributed by atoms with Crippen molar-refractivity contribution in [1.29, 1.82) is 0 Å². The standard InChI is InChI=1S/C18H25N3O4S/c1-4-15-17(14-8-6-13(2)7-9-14)26(23,24)21-18(15)20-12-16(22)19-10-5-11-25-3/h6-9H,4-5,10-12H2,1-3H3,(H,19,22)(H,20,21). The van der Waals surface area contributed by atoms with Gasteiger partial charge >= 0.3 is 0 Å². The zero-order valence-electron chi connectivity index (χ0n) is 15.3. The van der Waals surface area contributed by atoms with Gasteiger partial charge in [0.1, 0.15) is 17.3 Å². The summed E-state index contributed by atoms with van der Waals surface area (Å²) in [5.74, 6) is -0.0119. The average Bonchev–Trinajstić information content (AvgIpc) is 2.87. The number of nitrogens with one attached hydrogen (secondary N) is 2. The van der Waals surface area contributed by atoms with E-state index in [0.29, 0.717) is 37.1 Å². The zero-order chi connectivity index (χ0) is 19.2. The predicted octanol–water partition coefficient (Wildman–Crippen LogP) is 1.60. The van der Waals surface area contributed by atoms with E-state index >= 15 is 0 Å². The summed E-state index contributed by atoms with van der Waals surface area (Å²) < 4.78 is 32.5. The van der Waals surface area contributed by atoms with Crippen molar-refractivity contribution in [3.8, 4) is 0 Å². The fourth-order valence-electron chi connectivity index (χ4n) is 2.65. The highest BCUT2D eigenvalue weighted by Gasteiger charge is 2.33. The molecule has 2 rings (SSSR count). The van der Waals surface area contributed by atoms with Crippen LogP contribution in [0.1, 0.15) is 30.9 Å². The number of benzene rings is 1. The number of aliphatic imine (C=N–C) groups is 1. The first-order valence-electron chi connectivity index (χ1n) is 8.52. The van der Waals surface area contributed by atoms with Crippen molar-refractivity contribution in [3.05, 3.63) is 41.0 Å². The summed E-state index contributed by atoms with van der Waals surface area (Å²) in [7, 11) is -2.08. The Morgan fingerprint density at radius 3 is 2.58 bits per heavy atom. The Morgan fingerprint density at radius 2 is 1.96 bits per heavy atom. The smallest absolute Gasteiger partial charge is 0.264 e. The van der Waals surface area contributed by atoms with Crippen molar-refractivity contribution >= 4 is 26.7 Å². The second kappa shape index (κ2) is 8.95. The van der Waals surface area contributed by atoms with Crippen LogP contribution in [-0.2, 0) is 19.6 Å². The van der Waals surface area contributed by atoms with Gasteiger partial charge in [-0.05, 0) is 25.3 Å². The molecule has 0 spiro atoms. The fraction of sp³-hybridized carbons (Fsp3) is 0.444. The highest BCUT2D eigenvalue weighted by atomic mass is 32.2. The molecule has 0 bridgehead atoms. The van der Waals surface area contributed by atoms with Crippen molar-refractivity contribution in [2.75, 3.05) is 26.8 Å². The summed E-state index contributed by atoms with van der Waals surface area (Å²) in [5.41, 5.74) is 2.27. The monoisotopic (exact) mass is 379 g/mol. The molecule has 8 heteroatoms. The van der Waals surface area contributed by atoms with Crippen LogP contribution in [-0.4, -0.2) is 47.0 Å². The molecule has 0 saturated carbocycles. The number of methoxy groups -OCH3 is 1. The van der Waals surface area contributed by atoms with E-state index in [4.69, 9.17) is 4.74 Å². The first-order valence-corrected chi connectivity index (χ1v) is 10.0. The molecule has 1 aromatic rings. The molecule has 1 aliphatic heterocycles. The van der Waals surface area contributed by atoms with Gasteiger partial charge in [-0.25, -0.2) is 8.42 Å². The lowest BCUT2D eigenvalue weighted by molar-refractivity contribution is -0.119. The van der Waals surface area contributed by atoms with Crippen LogP contribution in [0, 0.1) is 6.92 Å². The molecule has 2 N–H and O–H groups in total. The first kappa shape index (κ1) is 20.1. The molecule has 1 amide bonds. The largest absolute Gasteiger partial charge is 0.385 e. The summed E-state index contributed by atoms with van der Waals surface area (Å²) >= 11 is 0. The number of amides is 1. The van der Waals surface area contributed by atoms with E-state index in [9.17, 15) is 13.2 Å². The van der Waals surface area contributed by atoms with Gasteiger partial charge in [-0.1, -0.05) is 36.8 Å². The Morgan fingerprint density at radius 1 is 1.27 bits per heavy atom. The molecular formula is C18H25N3O4S. The van der Waals surface area contributed by atoms with Crippen molar-refractivity contribution in [2.45, 2.75) is 26.7 Å². The summed E-state index contributed by atoms with van der Waals surface area (Å²) in [6.07, 6.45) is 1.20. The van der Waals surface area contributed by atoms with E-state index in [1.165, 1.54) is 0 Å². The van der Waals surface area contributed by atoms with Crippen LogP contribution in [0.5, 0.6) is 0 Å². The van der Waals surface area contributed by atoms with Crippen molar-refractivity contribution in [1.82, 2.24) is 10.0 Å². The lowest BCUT2D eigenvalue weighted by Gasteiger charge is -2.04. The van der Waals surface area contributed by atoms with Crippen molar-refractivity contribution in [3.63, 3.8) is 0 Å². The lowest BCUT2D eigenvalue weighted by Crippen LogP contribution is -2.29. The maximum absolute atomic E-state index is 12.6. The number of sulfonamides is 1. The highest BCUT2D eigenvalue weighted by Crippen LogP contribution is 2.31. The molecule has 0 unspecified atom stereocenters.